The summed E-state index contributed by atoms with van der Waals surface area (Å²) in [5.74, 6) is 2.63. The van der Waals surface area contributed by atoms with E-state index in [2.05, 4.69) is 11.2 Å². The molecule has 0 bridgehead atoms. The Bertz CT molecular complexity index is 365. The summed E-state index contributed by atoms with van der Waals surface area (Å²) in [6.45, 7) is 3.79. The highest BCUT2D eigenvalue weighted by Crippen LogP contribution is 2.26. The third-order valence-corrected chi connectivity index (χ3v) is 4.57. The number of sulfone groups is 1. The quantitative estimate of drug-likeness (QED) is 0.733. The van der Waals surface area contributed by atoms with E-state index in [1.165, 1.54) is 6.26 Å². The Morgan fingerprint density at radius 3 is 2.47 bits per heavy atom. The smallest absolute Gasteiger partial charge is 0.151 e. The van der Waals surface area contributed by atoms with Crippen LogP contribution >= 0.6 is 0 Å². The van der Waals surface area contributed by atoms with Crippen LogP contribution in [0.15, 0.2) is 0 Å². The van der Waals surface area contributed by atoms with Gasteiger partial charge in [-0.2, -0.15) is 0 Å². The molecule has 3 nitrogen and oxygen atoms in total. The molecule has 2 unspecified atom stereocenters. The average molecular weight is 229 g/mol. The first-order valence-electron chi connectivity index (χ1n) is 5.20. The Morgan fingerprint density at radius 2 is 2.00 bits per heavy atom. The van der Waals surface area contributed by atoms with Crippen molar-refractivity contribution in [1.82, 2.24) is 5.32 Å². The fourth-order valence-electron chi connectivity index (χ4n) is 2.11. The van der Waals surface area contributed by atoms with Crippen LogP contribution < -0.4 is 5.32 Å². The normalized spacial score (nSPS) is 27.6. The van der Waals surface area contributed by atoms with Gasteiger partial charge in [0.05, 0.1) is 10.8 Å². The van der Waals surface area contributed by atoms with E-state index in [9.17, 15) is 8.42 Å². The van der Waals surface area contributed by atoms with Gasteiger partial charge in [-0.25, -0.2) is 8.42 Å². The number of rotatable bonds is 3. The van der Waals surface area contributed by atoms with Crippen molar-refractivity contribution in [1.29, 1.82) is 0 Å². The second-order valence-corrected chi connectivity index (χ2v) is 7.08. The highest BCUT2D eigenvalue weighted by molar-refractivity contribution is 7.91. The molecule has 1 N–H and O–H groups in total. The van der Waals surface area contributed by atoms with Gasteiger partial charge in [-0.05, 0) is 26.7 Å². The van der Waals surface area contributed by atoms with Crippen molar-refractivity contribution in [2.75, 3.05) is 6.26 Å². The molecular formula is C11H19NO2S. The third kappa shape index (κ3) is 3.22. The van der Waals surface area contributed by atoms with Crippen molar-refractivity contribution >= 4 is 9.84 Å². The van der Waals surface area contributed by atoms with Crippen LogP contribution in [0.4, 0.5) is 0 Å². The predicted octanol–water partition coefficient (Wildman–Crippen LogP) is 0.954. The summed E-state index contributed by atoms with van der Waals surface area (Å²) in [6.07, 6.45) is 9.28. The molecule has 1 fully saturated rings. The molecule has 2 atom stereocenters. The molecular weight excluding hydrogens is 210 g/mol. The zero-order chi connectivity index (χ0) is 11.7. The first-order chi connectivity index (χ1) is 6.76. The van der Waals surface area contributed by atoms with Gasteiger partial charge in [0.1, 0.15) is 0 Å². The fraction of sp³-hybridized carbons (Fsp3) is 0.818. The van der Waals surface area contributed by atoms with Crippen LogP contribution in [-0.4, -0.2) is 31.5 Å². The minimum atomic E-state index is -2.96. The molecule has 0 radical (unpaired) electrons. The van der Waals surface area contributed by atoms with Crippen LogP contribution in [-0.2, 0) is 9.84 Å². The van der Waals surface area contributed by atoms with Gasteiger partial charge in [-0.3, -0.25) is 5.32 Å². The van der Waals surface area contributed by atoms with Crippen LogP contribution in [0.2, 0.25) is 0 Å². The molecule has 1 saturated carbocycles. The number of terminal acetylenes is 1. The summed E-state index contributed by atoms with van der Waals surface area (Å²) in [5.41, 5.74) is -0.433. The van der Waals surface area contributed by atoms with E-state index >= 15 is 0 Å². The van der Waals surface area contributed by atoms with E-state index in [4.69, 9.17) is 6.42 Å². The van der Waals surface area contributed by atoms with Crippen LogP contribution in [0.25, 0.3) is 0 Å². The molecule has 0 aromatic rings. The van der Waals surface area contributed by atoms with Gasteiger partial charge in [0.15, 0.2) is 9.84 Å². The van der Waals surface area contributed by atoms with Gasteiger partial charge in [-0.15, -0.1) is 6.42 Å². The fourth-order valence-corrected chi connectivity index (χ4v) is 3.50. The lowest BCUT2D eigenvalue weighted by Gasteiger charge is -2.28. The maximum absolute atomic E-state index is 11.5. The lowest BCUT2D eigenvalue weighted by atomic mass is 10.0. The Kier molecular flexibility index (Phi) is 3.47. The van der Waals surface area contributed by atoms with Crippen molar-refractivity contribution in [3.05, 3.63) is 0 Å². The Hall–Kier alpha value is -0.530. The largest absolute Gasteiger partial charge is 0.298 e. The Balaban J connectivity index is 2.76. The molecule has 0 saturated heterocycles. The lowest BCUT2D eigenvalue weighted by molar-refractivity contribution is 0.406. The molecule has 0 spiro atoms. The molecule has 86 valence electrons. The molecule has 0 aromatic heterocycles. The molecule has 1 aliphatic carbocycles. The van der Waals surface area contributed by atoms with Gasteiger partial charge in [-0.1, -0.05) is 12.3 Å². The van der Waals surface area contributed by atoms with Gasteiger partial charge >= 0.3 is 0 Å². The minimum Gasteiger partial charge on any atom is -0.298 e. The van der Waals surface area contributed by atoms with Crippen LogP contribution in [0, 0.1) is 12.3 Å². The van der Waals surface area contributed by atoms with Crippen LogP contribution in [0.3, 0.4) is 0 Å². The second kappa shape index (κ2) is 4.15. The SMILES string of the molecule is C#CC(C)(C)NC1CCCC1S(C)(=O)=O. The summed E-state index contributed by atoms with van der Waals surface area (Å²) in [6, 6.07) is 0.00560. The van der Waals surface area contributed by atoms with Gasteiger partial charge in [0.2, 0.25) is 0 Å². The monoisotopic (exact) mass is 229 g/mol. The first kappa shape index (κ1) is 12.5. The van der Waals surface area contributed by atoms with Crippen LogP contribution in [0.1, 0.15) is 33.1 Å². The van der Waals surface area contributed by atoms with E-state index in [1.807, 2.05) is 13.8 Å². The van der Waals surface area contributed by atoms with E-state index < -0.39 is 15.4 Å². The maximum Gasteiger partial charge on any atom is 0.151 e. The summed E-state index contributed by atoms with van der Waals surface area (Å²) in [7, 11) is -2.96. The lowest BCUT2D eigenvalue weighted by Crippen LogP contribution is -2.49. The summed E-state index contributed by atoms with van der Waals surface area (Å²) >= 11 is 0. The second-order valence-electron chi connectivity index (χ2n) is 4.82. The zero-order valence-corrected chi connectivity index (χ0v) is 10.4. The van der Waals surface area contributed by atoms with E-state index in [1.54, 1.807) is 0 Å². The minimum absolute atomic E-state index is 0.00560. The topological polar surface area (TPSA) is 46.2 Å². The predicted molar refractivity (Wildman–Crippen MR) is 62.3 cm³/mol. The van der Waals surface area contributed by atoms with E-state index in [-0.39, 0.29) is 11.3 Å². The van der Waals surface area contributed by atoms with Crippen molar-refractivity contribution in [3.8, 4) is 12.3 Å². The van der Waals surface area contributed by atoms with E-state index in [0.717, 1.165) is 19.3 Å². The third-order valence-electron chi connectivity index (χ3n) is 2.91. The van der Waals surface area contributed by atoms with Gasteiger partial charge in [0, 0.05) is 12.3 Å². The molecule has 15 heavy (non-hydrogen) atoms. The van der Waals surface area contributed by atoms with Gasteiger partial charge < -0.3 is 0 Å². The molecule has 4 heteroatoms. The molecule has 0 amide bonds. The Morgan fingerprint density at radius 1 is 1.40 bits per heavy atom. The molecule has 0 heterocycles. The summed E-state index contributed by atoms with van der Waals surface area (Å²) in [4.78, 5) is 0. The highest BCUT2D eigenvalue weighted by Gasteiger charge is 2.36. The maximum atomic E-state index is 11.5. The average Bonchev–Trinajstić information content (AvgIpc) is 2.50. The van der Waals surface area contributed by atoms with Crippen LogP contribution in [0.5, 0.6) is 0 Å². The molecule has 1 aliphatic rings. The zero-order valence-electron chi connectivity index (χ0n) is 9.58. The summed E-state index contributed by atoms with van der Waals surface area (Å²) < 4.78 is 23.1. The van der Waals surface area contributed by atoms with E-state index in [0.29, 0.717) is 0 Å². The molecule has 0 aromatic carbocycles. The standard InChI is InChI=1S/C11H19NO2S/c1-5-11(2,3)12-9-7-6-8-10(9)15(4,13)14/h1,9-10,12H,6-8H2,2-4H3. The van der Waals surface area contributed by atoms with Crippen molar-refractivity contribution < 1.29 is 8.42 Å². The number of nitrogens with one attached hydrogen (secondary N) is 1. The molecule has 0 aliphatic heterocycles. The molecule has 1 rings (SSSR count). The van der Waals surface area contributed by atoms with Crippen molar-refractivity contribution in [3.63, 3.8) is 0 Å². The Labute approximate surface area is 92.6 Å². The highest BCUT2D eigenvalue weighted by atomic mass is 32.2. The number of hydrogen-bond donors (Lipinski definition) is 1. The first-order valence-corrected chi connectivity index (χ1v) is 7.16. The van der Waals surface area contributed by atoms with Crippen molar-refractivity contribution in [2.24, 2.45) is 0 Å². The van der Waals surface area contributed by atoms with Gasteiger partial charge in [0.25, 0.3) is 0 Å². The summed E-state index contributed by atoms with van der Waals surface area (Å²) in [5, 5.41) is 2.97. The van der Waals surface area contributed by atoms with Crippen molar-refractivity contribution in [2.45, 2.75) is 49.9 Å². The number of hydrogen-bond acceptors (Lipinski definition) is 3.